The average Bonchev–Trinajstić information content (AvgIpc) is 3.17. The van der Waals surface area contributed by atoms with Crippen LogP contribution in [0.5, 0.6) is 0 Å². The van der Waals surface area contributed by atoms with E-state index in [1.807, 2.05) is 30.3 Å². The van der Waals surface area contributed by atoms with E-state index in [2.05, 4.69) is 20.3 Å². The lowest BCUT2D eigenvalue weighted by Crippen LogP contribution is -2.24. The molecule has 29 heavy (non-hydrogen) atoms. The fourth-order valence-electron chi connectivity index (χ4n) is 2.84. The molecule has 0 aliphatic carbocycles. The highest BCUT2D eigenvalue weighted by Gasteiger charge is 2.15. The van der Waals surface area contributed by atoms with Crippen LogP contribution in [0.3, 0.4) is 0 Å². The van der Waals surface area contributed by atoms with Crippen molar-refractivity contribution >= 4 is 17.1 Å². The van der Waals surface area contributed by atoms with Crippen LogP contribution in [0.2, 0.25) is 0 Å². The van der Waals surface area contributed by atoms with Crippen LogP contribution >= 0.6 is 0 Å². The molecule has 0 aliphatic rings. The maximum atomic E-state index is 13.4. The predicted molar refractivity (Wildman–Crippen MR) is 101 cm³/mol. The molecule has 2 aromatic heterocycles. The highest BCUT2D eigenvalue weighted by Crippen LogP contribution is 2.10. The Morgan fingerprint density at radius 3 is 2.62 bits per heavy atom. The fourth-order valence-corrected chi connectivity index (χ4v) is 2.84. The van der Waals surface area contributed by atoms with Crippen molar-refractivity contribution < 1.29 is 13.6 Å². The van der Waals surface area contributed by atoms with Crippen LogP contribution in [-0.2, 0) is 13.1 Å². The van der Waals surface area contributed by atoms with Crippen LogP contribution in [0, 0.1) is 11.6 Å². The number of aromatic amines is 1. The van der Waals surface area contributed by atoms with E-state index in [1.54, 1.807) is 0 Å². The van der Waals surface area contributed by atoms with Gasteiger partial charge in [0.05, 0.1) is 6.54 Å². The van der Waals surface area contributed by atoms with Gasteiger partial charge in [0, 0.05) is 6.54 Å². The van der Waals surface area contributed by atoms with Crippen LogP contribution in [-0.4, -0.2) is 25.4 Å². The molecule has 0 aliphatic heterocycles. The number of carbonyl (C=O) groups is 1. The van der Waals surface area contributed by atoms with Crippen molar-refractivity contribution in [2.45, 2.75) is 13.1 Å². The van der Waals surface area contributed by atoms with Crippen molar-refractivity contribution in [3.05, 3.63) is 93.8 Å². The monoisotopic (exact) mass is 395 g/mol. The molecule has 4 aromatic rings. The van der Waals surface area contributed by atoms with E-state index in [9.17, 15) is 18.4 Å². The number of hydrogen-bond acceptors (Lipinski definition) is 4. The molecule has 9 heteroatoms. The number of nitrogens with one attached hydrogen (secondary N) is 2. The molecule has 7 nitrogen and oxygen atoms in total. The molecule has 146 valence electrons. The Morgan fingerprint density at radius 2 is 1.86 bits per heavy atom. The summed E-state index contributed by atoms with van der Waals surface area (Å²) in [5.41, 5.74) is 0.965. The number of hydrogen-bond donors (Lipinski definition) is 2. The first-order valence-corrected chi connectivity index (χ1v) is 8.72. The minimum Gasteiger partial charge on any atom is -0.345 e. The number of H-pyrrole nitrogens is 1. The first-order valence-electron chi connectivity index (χ1n) is 8.72. The van der Waals surface area contributed by atoms with Crippen LogP contribution in [0.1, 0.15) is 21.7 Å². The summed E-state index contributed by atoms with van der Waals surface area (Å²) in [5, 5.41) is 2.72. The molecular weight excluding hydrogens is 380 g/mol. The SMILES string of the molecule is O=C(NCc1ccccc1)c1nc2c(=O)n(Cc3ccc(F)c(F)c3)cnc2[nH]1. The third-order valence-electron chi connectivity index (χ3n) is 4.32. The summed E-state index contributed by atoms with van der Waals surface area (Å²) < 4.78 is 27.7. The van der Waals surface area contributed by atoms with Gasteiger partial charge in [-0.05, 0) is 23.3 Å². The Balaban J connectivity index is 1.56. The normalized spacial score (nSPS) is 11.0. The van der Waals surface area contributed by atoms with Crippen molar-refractivity contribution in [1.82, 2.24) is 24.8 Å². The van der Waals surface area contributed by atoms with E-state index < -0.39 is 23.1 Å². The highest BCUT2D eigenvalue weighted by atomic mass is 19.2. The predicted octanol–water partition coefficient (Wildman–Crippen LogP) is 2.38. The summed E-state index contributed by atoms with van der Waals surface area (Å²) in [6.07, 6.45) is 1.26. The molecule has 0 fully saturated rings. The van der Waals surface area contributed by atoms with Crippen molar-refractivity contribution in [1.29, 1.82) is 0 Å². The molecule has 2 heterocycles. The lowest BCUT2D eigenvalue weighted by Gasteiger charge is -2.05. The molecule has 0 bridgehead atoms. The van der Waals surface area contributed by atoms with E-state index in [0.717, 1.165) is 17.7 Å². The number of nitrogens with zero attached hydrogens (tertiary/aromatic N) is 3. The topological polar surface area (TPSA) is 92.7 Å². The third kappa shape index (κ3) is 3.88. The van der Waals surface area contributed by atoms with E-state index in [4.69, 9.17) is 0 Å². The number of halogens is 2. The third-order valence-corrected chi connectivity index (χ3v) is 4.32. The van der Waals surface area contributed by atoms with Crippen molar-refractivity contribution in [3.8, 4) is 0 Å². The lowest BCUT2D eigenvalue weighted by atomic mass is 10.2. The summed E-state index contributed by atoms with van der Waals surface area (Å²) in [6.45, 7) is 0.298. The number of fused-ring (bicyclic) bond motifs is 1. The van der Waals surface area contributed by atoms with Crippen molar-refractivity contribution in [3.63, 3.8) is 0 Å². The van der Waals surface area contributed by atoms with Gasteiger partial charge in [-0.2, -0.15) is 0 Å². The second-order valence-electron chi connectivity index (χ2n) is 6.38. The molecule has 2 N–H and O–H groups in total. The van der Waals surface area contributed by atoms with Gasteiger partial charge in [-0.1, -0.05) is 36.4 Å². The average molecular weight is 395 g/mol. The summed E-state index contributed by atoms with van der Waals surface area (Å²) in [4.78, 5) is 35.8. The Kier molecular flexibility index (Phi) is 4.86. The maximum absolute atomic E-state index is 13.4. The molecular formula is C20H15F2N5O2. The zero-order chi connectivity index (χ0) is 20.4. The van der Waals surface area contributed by atoms with E-state index in [1.165, 1.54) is 17.0 Å². The smallest absolute Gasteiger partial charge is 0.287 e. The second kappa shape index (κ2) is 7.63. The molecule has 1 amide bonds. The Morgan fingerprint density at radius 1 is 1.07 bits per heavy atom. The van der Waals surface area contributed by atoms with Crippen molar-refractivity contribution in [2.75, 3.05) is 0 Å². The summed E-state index contributed by atoms with van der Waals surface area (Å²) >= 11 is 0. The number of imidazole rings is 1. The highest BCUT2D eigenvalue weighted by molar-refractivity contribution is 5.93. The first-order chi connectivity index (χ1) is 14.0. The largest absolute Gasteiger partial charge is 0.345 e. The van der Waals surface area contributed by atoms with E-state index in [-0.39, 0.29) is 23.5 Å². The molecule has 0 radical (unpaired) electrons. The van der Waals surface area contributed by atoms with Gasteiger partial charge in [-0.15, -0.1) is 0 Å². The van der Waals surface area contributed by atoms with Crippen molar-refractivity contribution in [2.24, 2.45) is 0 Å². The zero-order valence-corrected chi connectivity index (χ0v) is 15.0. The quantitative estimate of drug-likeness (QED) is 0.543. The van der Waals surface area contributed by atoms with E-state index in [0.29, 0.717) is 12.1 Å². The molecule has 0 unspecified atom stereocenters. The zero-order valence-electron chi connectivity index (χ0n) is 15.0. The first kappa shape index (κ1) is 18.5. The molecule has 0 saturated heterocycles. The van der Waals surface area contributed by atoms with E-state index >= 15 is 0 Å². The number of carbonyl (C=O) groups excluding carboxylic acids is 1. The number of amides is 1. The number of aromatic nitrogens is 4. The van der Waals surface area contributed by atoms with Crippen LogP contribution in [0.25, 0.3) is 11.2 Å². The number of benzene rings is 2. The molecule has 0 saturated carbocycles. The minimum absolute atomic E-state index is 0.0125. The van der Waals surface area contributed by atoms with Crippen LogP contribution in [0.15, 0.2) is 59.7 Å². The van der Waals surface area contributed by atoms with Gasteiger partial charge in [0.15, 0.2) is 28.6 Å². The summed E-state index contributed by atoms with van der Waals surface area (Å²) in [6, 6.07) is 12.7. The standard InChI is InChI=1S/C20H15F2N5O2/c21-14-7-6-13(8-15(14)22)10-27-11-24-17-16(20(27)29)25-18(26-17)19(28)23-9-12-4-2-1-3-5-12/h1-8,11H,9-10H2,(H,23,28)(H,25,26). The minimum atomic E-state index is -0.998. The Bertz CT molecular complexity index is 1250. The van der Waals surface area contributed by atoms with Gasteiger partial charge >= 0.3 is 0 Å². The molecule has 4 rings (SSSR count). The Hall–Kier alpha value is -3.88. The molecule has 2 aromatic carbocycles. The van der Waals surface area contributed by atoms with Gasteiger partial charge in [0.25, 0.3) is 11.5 Å². The maximum Gasteiger partial charge on any atom is 0.287 e. The van der Waals surface area contributed by atoms with Crippen LogP contribution < -0.4 is 10.9 Å². The number of rotatable bonds is 5. The molecule has 0 atom stereocenters. The van der Waals surface area contributed by atoms with Gasteiger partial charge in [-0.25, -0.2) is 18.7 Å². The van der Waals surface area contributed by atoms with Crippen LogP contribution in [0.4, 0.5) is 8.78 Å². The molecule has 0 spiro atoms. The fraction of sp³-hybridized carbons (Fsp3) is 0.100. The second-order valence-corrected chi connectivity index (χ2v) is 6.38. The van der Waals surface area contributed by atoms with Gasteiger partial charge in [-0.3, -0.25) is 14.2 Å². The summed E-state index contributed by atoms with van der Waals surface area (Å²) in [5.74, 6) is -2.47. The Labute approximate surface area is 163 Å². The summed E-state index contributed by atoms with van der Waals surface area (Å²) in [7, 11) is 0. The lowest BCUT2D eigenvalue weighted by molar-refractivity contribution is 0.0941. The van der Waals surface area contributed by atoms with Gasteiger partial charge in [0.1, 0.15) is 6.33 Å². The van der Waals surface area contributed by atoms with Gasteiger partial charge < -0.3 is 10.3 Å². The van der Waals surface area contributed by atoms with Gasteiger partial charge in [0.2, 0.25) is 0 Å².